The fraction of sp³-hybridized carbons (Fsp3) is 0.455. The molecule has 0 unspecified atom stereocenters. The van der Waals surface area contributed by atoms with Gasteiger partial charge in [-0.2, -0.15) is 0 Å². The van der Waals surface area contributed by atoms with Crippen molar-refractivity contribution in [1.82, 2.24) is 14.9 Å². The van der Waals surface area contributed by atoms with Crippen molar-refractivity contribution in [3.05, 3.63) is 18.5 Å². The molecule has 1 rings (SSSR count). The Kier molecular flexibility index (Phi) is 5.04. The van der Waals surface area contributed by atoms with Crippen LogP contribution >= 0.6 is 0 Å². The Hall–Kier alpha value is -2.18. The van der Waals surface area contributed by atoms with Crippen molar-refractivity contribution in [2.45, 2.75) is 26.3 Å². The second-order valence-corrected chi connectivity index (χ2v) is 3.93. The predicted molar refractivity (Wildman–Crippen MR) is 65.1 cm³/mol. The van der Waals surface area contributed by atoms with Crippen LogP contribution < -0.4 is 5.32 Å². The highest BCUT2D eigenvalue weighted by Crippen LogP contribution is 2.04. The maximum atomic E-state index is 11.9. The van der Waals surface area contributed by atoms with E-state index >= 15 is 0 Å². The van der Waals surface area contributed by atoms with Gasteiger partial charge >= 0.3 is 12.0 Å². The molecule has 0 aliphatic rings. The van der Waals surface area contributed by atoms with E-state index in [1.807, 2.05) is 13.8 Å². The van der Waals surface area contributed by atoms with Gasteiger partial charge in [0.05, 0.1) is 6.42 Å². The third-order valence-corrected chi connectivity index (χ3v) is 2.24. The van der Waals surface area contributed by atoms with E-state index < -0.39 is 12.0 Å². The molecule has 0 saturated carbocycles. The van der Waals surface area contributed by atoms with E-state index in [1.54, 1.807) is 6.07 Å². The molecular formula is C11H16N4O3. The summed E-state index contributed by atoms with van der Waals surface area (Å²) in [6, 6.07) is 1.13. The monoisotopic (exact) mass is 252 g/mol. The van der Waals surface area contributed by atoms with Gasteiger partial charge in [0.2, 0.25) is 5.95 Å². The number of carbonyl (C=O) groups is 2. The van der Waals surface area contributed by atoms with Gasteiger partial charge in [0, 0.05) is 25.0 Å². The molecule has 2 amide bonds. The highest BCUT2D eigenvalue weighted by Gasteiger charge is 2.18. The molecule has 7 nitrogen and oxygen atoms in total. The predicted octanol–water partition coefficient (Wildman–Crippen LogP) is 1.19. The van der Waals surface area contributed by atoms with Crippen molar-refractivity contribution in [2.75, 3.05) is 11.9 Å². The number of carbonyl (C=O) groups excluding carboxylic acids is 1. The van der Waals surface area contributed by atoms with Gasteiger partial charge in [0.1, 0.15) is 0 Å². The lowest BCUT2D eigenvalue weighted by Crippen LogP contribution is -2.41. The fourth-order valence-corrected chi connectivity index (χ4v) is 1.34. The largest absolute Gasteiger partial charge is 0.481 e. The molecule has 1 aromatic heterocycles. The molecule has 18 heavy (non-hydrogen) atoms. The number of carboxylic acids is 1. The summed E-state index contributed by atoms with van der Waals surface area (Å²) in [5.74, 6) is -0.743. The van der Waals surface area contributed by atoms with Crippen LogP contribution in [0.4, 0.5) is 10.7 Å². The van der Waals surface area contributed by atoms with E-state index in [9.17, 15) is 9.59 Å². The summed E-state index contributed by atoms with van der Waals surface area (Å²) >= 11 is 0. The van der Waals surface area contributed by atoms with Gasteiger partial charge < -0.3 is 10.0 Å². The molecule has 7 heteroatoms. The Bertz CT molecular complexity index is 408. The molecule has 0 aromatic carbocycles. The number of nitrogens with zero attached hydrogens (tertiary/aromatic N) is 3. The van der Waals surface area contributed by atoms with Crippen LogP contribution in [0.2, 0.25) is 0 Å². The van der Waals surface area contributed by atoms with Crippen LogP contribution in [-0.2, 0) is 4.79 Å². The zero-order valence-electron chi connectivity index (χ0n) is 10.3. The number of rotatable bonds is 5. The van der Waals surface area contributed by atoms with Gasteiger partial charge in [-0.05, 0) is 19.9 Å². The van der Waals surface area contributed by atoms with Gasteiger partial charge in [0.15, 0.2) is 0 Å². The molecule has 0 radical (unpaired) electrons. The van der Waals surface area contributed by atoms with Gasteiger partial charge in [0.25, 0.3) is 0 Å². The van der Waals surface area contributed by atoms with Crippen LogP contribution in [0.15, 0.2) is 18.5 Å². The Morgan fingerprint density at radius 3 is 2.50 bits per heavy atom. The van der Waals surface area contributed by atoms with E-state index in [0.29, 0.717) is 0 Å². The lowest BCUT2D eigenvalue weighted by atomic mass is 10.3. The third-order valence-electron chi connectivity index (χ3n) is 2.24. The van der Waals surface area contributed by atoms with E-state index in [4.69, 9.17) is 5.11 Å². The molecule has 98 valence electrons. The summed E-state index contributed by atoms with van der Waals surface area (Å²) in [7, 11) is 0. The van der Waals surface area contributed by atoms with Crippen LogP contribution in [0, 0.1) is 0 Å². The van der Waals surface area contributed by atoms with Crippen molar-refractivity contribution in [1.29, 1.82) is 0 Å². The first kappa shape index (κ1) is 13.9. The molecular weight excluding hydrogens is 236 g/mol. The number of hydrogen-bond acceptors (Lipinski definition) is 4. The molecule has 0 aliphatic heterocycles. The summed E-state index contributed by atoms with van der Waals surface area (Å²) in [4.78, 5) is 31.6. The van der Waals surface area contributed by atoms with Crippen molar-refractivity contribution < 1.29 is 14.7 Å². The quantitative estimate of drug-likeness (QED) is 0.820. The highest BCUT2D eigenvalue weighted by atomic mass is 16.4. The van der Waals surface area contributed by atoms with E-state index in [2.05, 4.69) is 15.3 Å². The SMILES string of the molecule is CC(C)N(CCC(=O)O)C(=O)Nc1ncccn1. The van der Waals surface area contributed by atoms with Gasteiger partial charge in [-0.3, -0.25) is 10.1 Å². The Labute approximate surface area is 105 Å². The van der Waals surface area contributed by atoms with Crippen molar-refractivity contribution in [3.8, 4) is 0 Å². The number of anilines is 1. The van der Waals surface area contributed by atoms with Crippen LogP contribution in [0.1, 0.15) is 20.3 Å². The summed E-state index contributed by atoms with van der Waals surface area (Å²) < 4.78 is 0. The first-order chi connectivity index (χ1) is 8.50. The number of urea groups is 1. The number of amides is 2. The second-order valence-electron chi connectivity index (χ2n) is 3.93. The molecule has 0 bridgehead atoms. The fourth-order valence-electron chi connectivity index (χ4n) is 1.34. The molecule has 2 N–H and O–H groups in total. The minimum atomic E-state index is -0.940. The summed E-state index contributed by atoms with van der Waals surface area (Å²) in [6.07, 6.45) is 2.93. The molecule has 1 aromatic rings. The minimum Gasteiger partial charge on any atom is -0.481 e. The van der Waals surface area contributed by atoms with E-state index in [0.717, 1.165) is 0 Å². The first-order valence-corrected chi connectivity index (χ1v) is 5.57. The number of hydrogen-bond donors (Lipinski definition) is 2. The normalized spacial score (nSPS) is 10.2. The van der Waals surface area contributed by atoms with Gasteiger partial charge in [-0.15, -0.1) is 0 Å². The highest BCUT2D eigenvalue weighted by molar-refractivity contribution is 5.87. The van der Waals surface area contributed by atoms with Crippen LogP contribution in [0.3, 0.4) is 0 Å². The van der Waals surface area contributed by atoms with Crippen LogP contribution in [-0.4, -0.2) is 44.6 Å². The number of aliphatic carboxylic acids is 1. The number of aromatic nitrogens is 2. The zero-order chi connectivity index (χ0) is 13.5. The van der Waals surface area contributed by atoms with Crippen molar-refractivity contribution in [3.63, 3.8) is 0 Å². The Morgan fingerprint density at radius 1 is 1.39 bits per heavy atom. The molecule has 0 aliphatic carbocycles. The van der Waals surface area contributed by atoms with E-state index in [-0.39, 0.29) is 25.0 Å². The maximum absolute atomic E-state index is 11.9. The number of nitrogens with one attached hydrogen (secondary N) is 1. The maximum Gasteiger partial charge on any atom is 0.324 e. The molecule has 0 saturated heterocycles. The minimum absolute atomic E-state index is 0.0960. The van der Waals surface area contributed by atoms with Crippen LogP contribution in [0.5, 0.6) is 0 Å². The van der Waals surface area contributed by atoms with Crippen molar-refractivity contribution in [2.24, 2.45) is 0 Å². The Balaban J connectivity index is 2.62. The lowest BCUT2D eigenvalue weighted by molar-refractivity contribution is -0.137. The zero-order valence-corrected chi connectivity index (χ0v) is 10.3. The molecule has 0 fully saturated rings. The topological polar surface area (TPSA) is 95.4 Å². The van der Waals surface area contributed by atoms with Crippen molar-refractivity contribution >= 4 is 17.9 Å². The molecule has 1 heterocycles. The summed E-state index contributed by atoms with van der Waals surface area (Å²) in [6.45, 7) is 3.77. The molecule has 0 spiro atoms. The smallest absolute Gasteiger partial charge is 0.324 e. The Morgan fingerprint density at radius 2 is 2.00 bits per heavy atom. The van der Waals surface area contributed by atoms with Gasteiger partial charge in [-0.25, -0.2) is 14.8 Å². The van der Waals surface area contributed by atoms with E-state index in [1.165, 1.54) is 17.3 Å². The van der Waals surface area contributed by atoms with Gasteiger partial charge in [-0.1, -0.05) is 0 Å². The van der Waals surface area contributed by atoms with Crippen LogP contribution in [0.25, 0.3) is 0 Å². The average Bonchev–Trinajstić information content (AvgIpc) is 2.29. The molecule has 0 atom stereocenters. The standard InChI is InChI=1S/C11H16N4O3/c1-8(2)15(7-4-9(16)17)11(18)14-10-12-5-3-6-13-10/h3,5-6,8H,4,7H2,1-2H3,(H,16,17)(H,12,13,14,18). The average molecular weight is 252 g/mol. The number of carboxylic acid groups (broad SMARTS) is 1. The summed E-state index contributed by atoms with van der Waals surface area (Å²) in [5.41, 5.74) is 0. The third kappa shape index (κ3) is 4.36. The second kappa shape index (κ2) is 6.53. The first-order valence-electron chi connectivity index (χ1n) is 5.57. The summed E-state index contributed by atoms with van der Waals surface area (Å²) in [5, 5.41) is 11.2. The lowest BCUT2D eigenvalue weighted by Gasteiger charge is -2.25.